The summed E-state index contributed by atoms with van der Waals surface area (Å²) < 4.78 is 79.9. The average Bonchev–Trinajstić information content (AvgIpc) is 3.42. The van der Waals surface area contributed by atoms with E-state index in [1.54, 1.807) is 31.2 Å². The molecule has 0 saturated heterocycles. The minimum absolute atomic E-state index is 0.0108. The zero-order valence-corrected chi connectivity index (χ0v) is 26.6. The van der Waals surface area contributed by atoms with Crippen LogP contribution in [0.2, 0.25) is 0 Å². The molecule has 2 heterocycles. The number of anilines is 1. The number of pyridine rings is 1. The molecule has 4 aromatic rings. The number of hydrogen-bond donors (Lipinski definition) is 0. The van der Waals surface area contributed by atoms with Gasteiger partial charge in [-0.1, -0.05) is 12.1 Å². The minimum atomic E-state index is -4.56. The molecule has 246 valence electrons. The first-order valence-electron chi connectivity index (χ1n) is 13.6. The number of ether oxygens (including phenoxy) is 5. The molecule has 1 unspecified atom stereocenters. The largest absolute Gasteiger partial charge is 0.493 e. The highest BCUT2D eigenvalue weighted by Gasteiger charge is 2.33. The maximum Gasteiger partial charge on any atom is 0.422 e. The molecule has 0 aliphatic heterocycles. The summed E-state index contributed by atoms with van der Waals surface area (Å²) in [4.78, 5) is 37.2. The van der Waals surface area contributed by atoms with E-state index >= 15 is 0 Å². The number of rotatable bonds is 11. The van der Waals surface area contributed by atoms with E-state index in [-0.39, 0.29) is 63.0 Å². The lowest BCUT2D eigenvalue weighted by Gasteiger charge is -2.25. The Labute approximate surface area is 264 Å². The SMILES string of the molecule is CCOC(=O)c1cc(OC)c(OC)c(OC)c1N(C)C(=O)n1c(S(=O)Cc2nccc(OCC(F)(F)F)c2C)nc2ccccc21. The van der Waals surface area contributed by atoms with Crippen LogP contribution in [0.5, 0.6) is 23.0 Å². The topological polar surface area (TPSA) is 131 Å². The number of alkyl halides is 3. The van der Waals surface area contributed by atoms with Gasteiger partial charge in [-0.05, 0) is 32.0 Å². The van der Waals surface area contributed by atoms with E-state index in [1.807, 2.05) is 0 Å². The molecule has 0 spiro atoms. The zero-order valence-electron chi connectivity index (χ0n) is 25.8. The minimum Gasteiger partial charge on any atom is -0.493 e. The van der Waals surface area contributed by atoms with Crippen molar-refractivity contribution in [3.8, 4) is 23.0 Å². The van der Waals surface area contributed by atoms with E-state index in [0.717, 1.165) is 9.47 Å². The third-order valence-corrected chi connectivity index (χ3v) is 7.98. The Morgan fingerprint density at radius 3 is 2.35 bits per heavy atom. The third kappa shape index (κ3) is 6.85. The summed E-state index contributed by atoms with van der Waals surface area (Å²) >= 11 is 0. The van der Waals surface area contributed by atoms with Crippen molar-refractivity contribution in [3.05, 3.63) is 59.4 Å². The van der Waals surface area contributed by atoms with Crippen molar-refractivity contribution in [1.82, 2.24) is 14.5 Å². The molecule has 0 N–H and O–H groups in total. The molecule has 46 heavy (non-hydrogen) atoms. The second-order valence-electron chi connectivity index (χ2n) is 9.60. The molecular formula is C30H31F3N4O8S. The first kappa shape index (κ1) is 34.0. The van der Waals surface area contributed by atoms with Gasteiger partial charge in [-0.2, -0.15) is 13.2 Å². The van der Waals surface area contributed by atoms with Gasteiger partial charge in [0.05, 0.1) is 66.8 Å². The van der Waals surface area contributed by atoms with Crippen LogP contribution < -0.4 is 23.8 Å². The first-order valence-corrected chi connectivity index (χ1v) is 15.0. The number of esters is 1. The second kappa shape index (κ2) is 14.1. The molecule has 12 nitrogen and oxygen atoms in total. The smallest absolute Gasteiger partial charge is 0.422 e. The number of carbonyl (C=O) groups is 2. The van der Waals surface area contributed by atoms with Crippen LogP contribution in [0, 0.1) is 6.92 Å². The maximum atomic E-state index is 14.3. The Hall–Kier alpha value is -4.86. The predicted molar refractivity (Wildman–Crippen MR) is 162 cm³/mol. The lowest BCUT2D eigenvalue weighted by atomic mass is 10.1. The van der Waals surface area contributed by atoms with Gasteiger partial charge in [0.1, 0.15) is 11.4 Å². The highest BCUT2D eigenvalue weighted by atomic mass is 32.2. The number of halogens is 3. The van der Waals surface area contributed by atoms with Gasteiger partial charge >= 0.3 is 18.2 Å². The summed E-state index contributed by atoms with van der Waals surface area (Å²) in [5.74, 6) is -0.917. The molecule has 0 aliphatic carbocycles. The molecule has 1 amide bonds. The summed E-state index contributed by atoms with van der Waals surface area (Å²) in [5, 5.41) is -0.169. The number of carbonyl (C=O) groups excluding carboxylic acids is 2. The molecule has 2 aromatic heterocycles. The highest BCUT2D eigenvalue weighted by Crippen LogP contribution is 2.47. The number of benzene rings is 2. The van der Waals surface area contributed by atoms with Crippen LogP contribution in [-0.2, 0) is 21.3 Å². The Morgan fingerprint density at radius 1 is 1.02 bits per heavy atom. The first-order chi connectivity index (χ1) is 21.9. The molecule has 2 aromatic carbocycles. The van der Waals surface area contributed by atoms with Crippen LogP contribution in [0.25, 0.3) is 11.0 Å². The normalized spacial score (nSPS) is 12.0. The molecule has 0 saturated carbocycles. The van der Waals surface area contributed by atoms with Crippen molar-refractivity contribution < 1.29 is 50.7 Å². The lowest BCUT2D eigenvalue weighted by Crippen LogP contribution is -2.34. The molecule has 4 rings (SSSR count). The predicted octanol–water partition coefficient (Wildman–Crippen LogP) is 5.30. The van der Waals surface area contributed by atoms with Gasteiger partial charge in [0.15, 0.2) is 18.1 Å². The number of aromatic nitrogens is 3. The van der Waals surface area contributed by atoms with Gasteiger partial charge in [0.25, 0.3) is 0 Å². The summed E-state index contributed by atoms with van der Waals surface area (Å²) in [6, 6.07) is 8.42. The molecule has 0 fully saturated rings. The summed E-state index contributed by atoms with van der Waals surface area (Å²) in [6.07, 6.45) is -3.31. The van der Waals surface area contributed by atoms with Crippen LogP contribution >= 0.6 is 0 Å². The molecule has 16 heteroatoms. The summed E-state index contributed by atoms with van der Waals surface area (Å²) in [5.41, 5.74) is 0.972. The Bertz CT molecular complexity index is 1790. The number of fused-ring (bicyclic) bond motifs is 1. The fourth-order valence-electron chi connectivity index (χ4n) is 4.63. The molecule has 0 radical (unpaired) electrons. The quantitative estimate of drug-likeness (QED) is 0.195. The Kier molecular flexibility index (Phi) is 10.4. The standard InChI is InChI=1S/C30H31F3N4O8S/c1-7-44-27(38)18-14-23(41-4)25(42-5)26(43-6)24(18)36(3)29(39)37-21-11-9-8-10-19(21)35-28(37)46(40)15-20-17(2)22(12-13-34-20)45-16-30(31,32)33/h8-14H,7,15-16H2,1-6H3. The Balaban J connectivity index is 1.82. The van der Waals surface area contributed by atoms with E-state index < -0.39 is 35.6 Å². The van der Waals surface area contributed by atoms with Gasteiger partial charge < -0.3 is 23.7 Å². The number of para-hydroxylation sites is 2. The van der Waals surface area contributed by atoms with Crippen molar-refractivity contribution >= 4 is 39.5 Å². The van der Waals surface area contributed by atoms with Crippen LogP contribution in [0.3, 0.4) is 0 Å². The lowest BCUT2D eigenvalue weighted by molar-refractivity contribution is -0.153. The van der Waals surface area contributed by atoms with Gasteiger partial charge in [-0.15, -0.1) is 0 Å². The fraction of sp³-hybridized carbons (Fsp3) is 0.333. The monoisotopic (exact) mass is 664 g/mol. The number of methoxy groups -OCH3 is 3. The van der Waals surface area contributed by atoms with Gasteiger partial charge in [-0.25, -0.2) is 19.1 Å². The number of nitrogens with zero attached hydrogens (tertiary/aromatic N) is 4. The molecule has 0 aliphatic rings. The van der Waals surface area contributed by atoms with Crippen LogP contribution in [0.4, 0.5) is 23.7 Å². The summed E-state index contributed by atoms with van der Waals surface area (Å²) in [7, 11) is 3.38. The summed E-state index contributed by atoms with van der Waals surface area (Å²) in [6.45, 7) is 1.65. The number of imidazole rings is 1. The maximum absolute atomic E-state index is 14.3. The fourth-order valence-corrected chi connectivity index (χ4v) is 5.88. The number of amides is 1. The highest BCUT2D eigenvalue weighted by molar-refractivity contribution is 7.84. The van der Waals surface area contributed by atoms with Crippen molar-refractivity contribution in [3.63, 3.8) is 0 Å². The van der Waals surface area contributed by atoms with Crippen molar-refractivity contribution in [1.29, 1.82) is 0 Å². The van der Waals surface area contributed by atoms with Crippen molar-refractivity contribution in [2.45, 2.75) is 30.9 Å². The van der Waals surface area contributed by atoms with Gasteiger partial charge in [0, 0.05) is 24.9 Å². The Morgan fingerprint density at radius 2 is 1.72 bits per heavy atom. The van der Waals surface area contributed by atoms with E-state index in [1.165, 1.54) is 53.6 Å². The third-order valence-electron chi connectivity index (χ3n) is 6.76. The van der Waals surface area contributed by atoms with Gasteiger partial charge in [0.2, 0.25) is 10.9 Å². The van der Waals surface area contributed by atoms with Gasteiger partial charge in [-0.3, -0.25) is 14.1 Å². The average molecular weight is 665 g/mol. The van der Waals surface area contributed by atoms with Crippen LogP contribution in [-0.4, -0.2) is 78.5 Å². The van der Waals surface area contributed by atoms with E-state index in [0.29, 0.717) is 11.0 Å². The molecular weight excluding hydrogens is 633 g/mol. The zero-order chi connectivity index (χ0) is 33.8. The molecule has 0 bridgehead atoms. The number of hydrogen-bond acceptors (Lipinski definition) is 10. The van der Waals surface area contributed by atoms with Crippen molar-refractivity contribution in [2.24, 2.45) is 0 Å². The van der Waals surface area contributed by atoms with E-state index in [9.17, 15) is 27.0 Å². The van der Waals surface area contributed by atoms with Crippen molar-refractivity contribution in [2.75, 3.05) is 46.5 Å². The van der Waals surface area contributed by atoms with Crippen LogP contribution in [0.15, 0.2) is 47.8 Å². The molecule has 1 atom stereocenters. The second-order valence-corrected chi connectivity index (χ2v) is 10.9. The van der Waals surface area contributed by atoms with Crippen LogP contribution in [0.1, 0.15) is 28.5 Å². The van der Waals surface area contributed by atoms with E-state index in [4.69, 9.17) is 23.7 Å². The van der Waals surface area contributed by atoms with E-state index in [2.05, 4.69) is 9.97 Å².